The van der Waals surface area contributed by atoms with Gasteiger partial charge in [0.05, 0.1) is 19.8 Å². The Balaban J connectivity index is 2.45. The van der Waals surface area contributed by atoms with Gasteiger partial charge in [-0.25, -0.2) is 0 Å². The van der Waals surface area contributed by atoms with Gasteiger partial charge in [-0.2, -0.15) is 0 Å². The zero-order valence-corrected chi connectivity index (χ0v) is 12.6. The summed E-state index contributed by atoms with van der Waals surface area (Å²) in [6.07, 6.45) is 0. The van der Waals surface area contributed by atoms with Crippen molar-refractivity contribution in [1.29, 1.82) is 0 Å². The second-order valence-electron chi connectivity index (χ2n) is 3.59. The molecule has 0 radical (unpaired) electrons. The van der Waals surface area contributed by atoms with E-state index in [0.717, 1.165) is 15.7 Å². The Morgan fingerprint density at radius 3 is 2.83 bits per heavy atom. The molecule has 0 aromatic heterocycles. The summed E-state index contributed by atoms with van der Waals surface area (Å²) in [4.78, 5) is 0.380. The summed E-state index contributed by atoms with van der Waals surface area (Å²) in [5.74, 6) is 0. The molecule has 0 aliphatic heterocycles. The number of ether oxygens (including phenoxy) is 2. The van der Waals surface area contributed by atoms with Crippen molar-refractivity contribution in [3.8, 4) is 0 Å². The highest BCUT2D eigenvalue weighted by Crippen LogP contribution is 2.21. The predicted molar refractivity (Wildman–Crippen MR) is 81.2 cm³/mol. The molecule has 0 unspecified atom stereocenters. The Kier molecular flexibility index (Phi) is 7.19. The van der Waals surface area contributed by atoms with Gasteiger partial charge in [-0.05, 0) is 18.2 Å². The van der Waals surface area contributed by atoms with Crippen molar-refractivity contribution in [2.45, 2.75) is 0 Å². The predicted octanol–water partition coefficient (Wildman–Crippen LogP) is 2.16. The summed E-state index contributed by atoms with van der Waals surface area (Å²) in [6.45, 7) is 2.50. The quantitative estimate of drug-likeness (QED) is 0.564. The lowest BCUT2D eigenvalue weighted by atomic mass is 10.2. The average molecular weight is 333 g/mol. The summed E-state index contributed by atoms with van der Waals surface area (Å²) in [7, 11) is 1.65. The molecule has 0 heterocycles. The minimum Gasteiger partial charge on any atom is -0.389 e. The van der Waals surface area contributed by atoms with E-state index >= 15 is 0 Å². The van der Waals surface area contributed by atoms with Crippen LogP contribution in [0.25, 0.3) is 0 Å². The zero-order chi connectivity index (χ0) is 13.4. The van der Waals surface area contributed by atoms with Gasteiger partial charge < -0.3 is 20.5 Å². The maximum atomic E-state index is 5.66. The van der Waals surface area contributed by atoms with E-state index in [1.54, 1.807) is 7.11 Å². The fourth-order valence-corrected chi connectivity index (χ4v) is 1.92. The largest absolute Gasteiger partial charge is 0.389 e. The van der Waals surface area contributed by atoms with Gasteiger partial charge in [0.25, 0.3) is 0 Å². The summed E-state index contributed by atoms with van der Waals surface area (Å²) in [6, 6.07) is 5.75. The summed E-state index contributed by atoms with van der Waals surface area (Å²) >= 11 is 8.42. The van der Waals surface area contributed by atoms with Crippen LogP contribution < -0.4 is 11.1 Å². The van der Waals surface area contributed by atoms with Gasteiger partial charge >= 0.3 is 0 Å². The summed E-state index contributed by atoms with van der Waals surface area (Å²) < 4.78 is 11.2. The van der Waals surface area contributed by atoms with Gasteiger partial charge in [-0.3, -0.25) is 0 Å². The fraction of sp³-hybridized carbons (Fsp3) is 0.417. The number of anilines is 1. The molecule has 0 saturated heterocycles. The molecule has 3 N–H and O–H groups in total. The Hall–Kier alpha value is -0.690. The molecule has 1 rings (SSSR count). The third kappa shape index (κ3) is 5.30. The molecule has 0 atom stereocenters. The third-order valence-electron chi connectivity index (χ3n) is 2.24. The highest BCUT2D eigenvalue weighted by molar-refractivity contribution is 9.10. The van der Waals surface area contributed by atoms with E-state index in [0.29, 0.717) is 31.4 Å². The molecule has 0 fully saturated rings. The number of methoxy groups -OCH3 is 1. The summed E-state index contributed by atoms with van der Waals surface area (Å²) in [5, 5.41) is 3.25. The highest BCUT2D eigenvalue weighted by atomic mass is 79.9. The van der Waals surface area contributed by atoms with Crippen LogP contribution in [0, 0.1) is 0 Å². The molecule has 0 bridgehead atoms. The lowest BCUT2D eigenvalue weighted by Gasteiger charge is -2.12. The molecule has 0 amide bonds. The maximum absolute atomic E-state index is 5.66. The number of thiocarbonyl (C=S) groups is 1. The number of hydrogen-bond donors (Lipinski definition) is 2. The van der Waals surface area contributed by atoms with E-state index in [4.69, 9.17) is 27.4 Å². The third-order valence-corrected chi connectivity index (χ3v) is 2.95. The number of nitrogens with one attached hydrogen (secondary N) is 1. The molecular formula is C12H17BrN2O2S. The Morgan fingerprint density at radius 1 is 1.39 bits per heavy atom. The SMILES string of the molecule is COCCOCCNc1cc(Br)ccc1C(N)=S. The molecule has 0 spiro atoms. The van der Waals surface area contributed by atoms with Gasteiger partial charge in [0, 0.05) is 29.4 Å². The summed E-state index contributed by atoms with van der Waals surface area (Å²) in [5.41, 5.74) is 7.41. The molecular weight excluding hydrogens is 316 g/mol. The normalized spacial score (nSPS) is 10.3. The van der Waals surface area contributed by atoms with Gasteiger partial charge in [0.2, 0.25) is 0 Å². The topological polar surface area (TPSA) is 56.5 Å². The number of halogens is 1. The van der Waals surface area contributed by atoms with Crippen LogP contribution >= 0.6 is 28.1 Å². The van der Waals surface area contributed by atoms with Gasteiger partial charge in [0.1, 0.15) is 4.99 Å². The van der Waals surface area contributed by atoms with Crippen LogP contribution in [-0.2, 0) is 9.47 Å². The second-order valence-corrected chi connectivity index (χ2v) is 4.94. The van der Waals surface area contributed by atoms with Crippen molar-refractivity contribution in [2.24, 2.45) is 5.73 Å². The van der Waals surface area contributed by atoms with E-state index in [1.165, 1.54) is 0 Å². The number of nitrogens with two attached hydrogens (primary N) is 1. The van der Waals surface area contributed by atoms with Crippen LogP contribution in [0.1, 0.15) is 5.56 Å². The monoisotopic (exact) mass is 332 g/mol. The van der Waals surface area contributed by atoms with Crippen LogP contribution in [0.5, 0.6) is 0 Å². The van der Waals surface area contributed by atoms with E-state index in [-0.39, 0.29) is 0 Å². The van der Waals surface area contributed by atoms with Crippen molar-refractivity contribution in [3.63, 3.8) is 0 Å². The maximum Gasteiger partial charge on any atom is 0.106 e. The minimum atomic E-state index is 0.380. The van der Waals surface area contributed by atoms with Crippen molar-refractivity contribution in [1.82, 2.24) is 0 Å². The van der Waals surface area contributed by atoms with Crippen molar-refractivity contribution in [3.05, 3.63) is 28.2 Å². The first-order valence-electron chi connectivity index (χ1n) is 5.55. The van der Waals surface area contributed by atoms with Gasteiger partial charge in [-0.1, -0.05) is 28.1 Å². The van der Waals surface area contributed by atoms with Gasteiger partial charge in [0.15, 0.2) is 0 Å². The minimum absolute atomic E-state index is 0.380. The number of hydrogen-bond acceptors (Lipinski definition) is 4. The smallest absolute Gasteiger partial charge is 0.106 e. The number of rotatable bonds is 8. The molecule has 1 aromatic rings. The van der Waals surface area contributed by atoms with E-state index in [9.17, 15) is 0 Å². The highest BCUT2D eigenvalue weighted by Gasteiger charge is 2.05. The van der Waals surface area contributed by atoms with Crippen molar-refractivity contribution >= 4 is 38.8 Å². The van der Waals surface area contributed by atoms with Crippen LogP contribution in [0.4, 0.5) is 5.69 Å². The average Bonchev–Trinajstić information content (AvgIpc) is 2.33. The van der Waals surface area contributed by atoms with Crippen LogP contribution in [0.15, 0.2) is 22.7 Å². The van der Waals surface area contributed by atoms with E-state index in [2.05, 4.69) is 21.2 Å². The Bertz CT molecular complexity index is 402. The molecule has 4 nitrogen and oxygen atoms in total. The van der Waals surface area contributed by atoms with E-state index < -0.39 is 0 Å². The van der Waals surface area contributed by atoms with Crippen molar-refractivity contribution < 1.29 is 9.47 Å². The standard InChI is InChI=1S/C12H17BrN2O2S/c1-16-6-7-17-5-4-15-11-8-9(13)2-3-10(11)12(14)18/h2-3,8,15H,4-7H2,1H3,(H2,14,18). The lowest BCUT2D eigenvalue weighted by molar-refractivity contribution is 0.0759. The Labute approximate surface area is 121 Å². The molecule has 1 aromatic carbocycles. The first-order chi connectivity index (χ1) is 8.65. The fourth-order valence-electron chi connectivity index (χ4n) is 1.38. The molecule has 0 aliphatic rings. The molecule has 0 aliphatic carbocycles. The molecule has 0 saturated carbocycles. The van der Waals surface area contributed by atoms with Crippen LogP contribution in [0.2, 0.25) is 0 Å². The van der Waals surface area contributed by atoms with Crippen LogP contribution in [-0.4, -0.2) is 38.5 Å². The first-order valence-corrected chi connectivity index (χ1v) is 6.75. The number of benzene rings is 1. The Morgan fingerprint density at radius 2 is 2.17 bits per heavy atom. The zero-order valence-electron chi connectivity index (χ0n) is 10.2. The van der Waals surface area contributed by atoms with Crippen LogP contribution in [0.3, 0.4) is 0 Å². The van der Waals surface area contributed by atoms with E-state index in [1.807, 2.05) is 18.2 Å². The first kappa shape index (κ1) is 15.4. The molecule has 100 valence electrons. The van der Waals surface area contributed by atoms with Crippen molar-refractivity contribution in [2.75, 3.05) is 38.8 Å². The van der Waals surface area contributed by atoms with Gasteiger partial charge in [-0.15, -0.1) is 0 Å². The second kappa shape index (κ2) is 8.42. The molecule has 6 heteroatoms. The lowest BCUT2D eigenvalue weighted by Crippen LogP contribution is -2.16. The molecule has 18 heavy (non-hydrogen) atoms.